The molecule has 0 amide bonds. The molecule has 0 radical (unpaired) electrons. The highest BCUT2D eigenvalue weighted by atomic mass is 32.2. The molecule has 0 heterocycles. The molecule has 1 rings (SSSR count). The van der Waals surface area contributed by atoms with Gasteiger partial charge in [-0.3, -0.25) is 4.21 Å². The molecule has 2 N–H and O–H groups in total. The zero-order valence-electron chi connectivity index (χ0n) is 10.0. The quantitative estimate of drug-likeness (QED) is 0.762. The normalized spacial score (nSPS) is 12.1. The molecule has 1 unspecified atom stereocenters. The van der Waals surface area contributed by atoms with Crippen molar-refractivity contribution in [3.8, 4) is 0 Å². The largest absolute Gasteiger partial charge is 0.478 e. The Morgan fingerprint density at radius 3 is 2.76 bits per heavy atom. The van der Waals surface area contributed by atoms with E-state index in [4.69, 9.17) is 5.11 Å². The van der Waals surface area contributed by atoms with E-state index >= 15 is 0 Å². The minimum Gasteiger partial charge on any atom is -0.478 e. The Kier molecular flexibility index (Phi) is 5.15. The number of benzene rings is 1. The van der Waals surface area contributed by atoms with Crippen molar-refractivity contribution in [3.63, 3.8) is 0 Å². The number of hydrogen-bond acceptors (Lipinski definition) is 3. The molecule has 4 nitrogen and oxygen atoms in total. The maximum atomic E-state index is 11.0. The lowest BCUT2D eigenvalue weighted by Gasteiger charge is -2.09. The predicted octanol–water partition coefficient (Wildman–Crippen LogP) is 1.87. The van der Waals surface area contributed by atoms with Gasteiger partial charge in [-0.1, -0.05) is 11.6 Å². The summed E-state index contributed by atoms with van der Waals surface area (Å²) in [7, 11) is -0.798. The zero-order chi connectivity index (χ0) is 12.8. The van der Waals surface area contributed by atoms with Crippen LogP contribution in [0, 0.1) is 6.92 Å². The molecule has 0 aromatic heterocycles. The van der Waals surface area contributed by atoms with Crippen LogP contribution in [0.3, 0.4) is 0 Å². The van der Waals surface area contributed by atoms with Crippen molar-refractivity contribution in [3.05, 3.63) is 29.3 Å². The molecule has 5 heteroatoms. The van der Waals surface area contributed by atoms with Gasteiger partial charge in [0.25, 0.3) is 0 Å². The molecule has 17 heavy (non-hydrogen) atoms. The summed E-state index contributed by atoms with van der Waals surface area (Å²) in [5, 5.41) is 12.1. The summed E-state index contributed by atoms with van der Waals surface area (Å²) >= 11 is 0. The molecule has 0 aliphatic rings. The molecule has 1 atom stereocenters. The van der Waals surface area contributed by atoms with Crippen LogP contribution < -0.4 is 5.32 Å². The lowest BCUT2D eigenvalue weighted by molar-refractivity contribution is 0.0698. The van der Waals surface area contributed by atoms with Crippen LogP contribution in [-0.2, 0) is 10.8 Å². The van der Waals surface area contributed by atoms with E-state index in [2.05, 4.69) is 5.32 Å². The average Bonchev–Trinajstić information content (AvgIpc) is 2.25. The van der Waals surface area contributed by atoms with Crippen molar-refractivity contribution in [1.82, 2.24) is 0 Å². The van der Waals surface area contributed by atoms with Gasteiger partial charge < -0.3 is 10.4 Å². The number of carbonyl (C=O) groups is 1. The highest BCUT2D eigenvalue weighted by molar-refractivity contribution is 7.84. The number of nitrogens with one attached hydrogen (secondary N) is 1. The van der Waals surface area contributed by atoms with Crippen LogP contribution in [0.15, 0.2) is 18.2 Å². The number of rotatable bonds is 6. The Hall–Kier alpha value is -1.36. The van der Waals surface area contributed by atoms with Gasteiger partial charge >= 0.3 is 5.97 Å². The van der Waals surface area contributed by atoms with Gasteiger partial charge in [0, 0.05) is 35.0 Å². The van der Waals surface area contributed by atoms with E-state index < -0.39 is 16.8 Å². The Morgan fingerprint density at radius 1 is 1.47 bits per heavy atom. The minimum absolute atomic E-state index is 0.280. The van der Waals surface area contributed by atoms with Gasteiger partial charge in [0.2, 0.25) is 0 Å². The fraction of sp³-hybridized carbons (Fsp3) is 0.417. The first-order valence-corrected chi connectivity index (χ1v) is 7.11. The maximum Gasteiger partial charge on any atom is 0.337 e. The fourth-order valence-corrected chi connectivity index (χ4v) is 2.04. The summed E-state index contributed by atoms with van der Waals surface area (Å²) in [6, 6.07) is 5.27. The van der Waals surface area contributed by atoms with E-state index in [1.807, 2.05) is 13.0 Å². The van der Waals surface area contributed by atoms with E-state index in [1.54, 1.807) is 18.4 Å². The highest BCUT2D eigenvalue weighted by Gasteiger charge is 2.09. The van der Waals surface area contributed by atoms with Crippen molar-refractivity contribution in [2.24, 2.45) is 0 Å². The van der Waals surface area contributed by atoms with Crippen molar-refractivity contribution in [2.45, 2.75) is 13.3 Å². The number of carboxylic acids is 1. The van der Waals surface area contributed by atoms with Crippen molar-refractivity contribution < 1.29 is 14.1 Å². The van der Waals surface area contributed by atoms with Crippen LogP contribution in [0.2, 0.25) is 0 Å². The van der Waals surface area contributed by atoms with Crippen LogP contribution in [0.25, 0.3) is 0 Å². The van der Waals surface area contributed by atoms with E-state index in [9.17, 15) is 9.00 Å². The van der Waals surface area contributed by atoms with Gasteiger partial charge in [0.05, 0.1) is 5.56 Å². The second-order valence-electron chi connectivity index (χ2n) is 3.91. The molecule has 1 aromatic rings. The average molecular weight is 255 g/mol. The molecular formula is C12H17NO3S. The van der Waals surface area contributed by atoms with Crippen LogP contribution >= 0.6 is 0 Å². The van der Waals surface area contributed by atoms with E-state index in [1.165, 1.54) is 0 Å². The summed E-state index contributed by atoms with van der Waals surface area (Å²) in [6.07, 6.45) is 2.42. The summed E-state index contributed by atoms with van der Waals surface area (Å²) in [5.41, 5.74) is 1.82. The number of aryl methyl sites for hydroxylation is 1. The van der Waals surface area contributed by atoms with Crippen LogP contribution in [-0.4, -0.2) is 33.8 Å². The monoisotopic (exact) mass is 255 g/mol. The van der Waals surface area contributed by atoms with Crippen molar-refractivity contribution >= 4 is 22.5 Å². The molecule has 0 saturated heterocycles. The van der Waals surface area contributed by atoms with Crippen molar-refractivity contribution in [1.29, 1.82) is 0 Å². The van der Waals surface area contributed by atoms with Crippen LogP contribution in [0.4, 0.5) is 5.69 Å². The first-order valence-electron chi connectivity index (χ1n) is 5.38. The maximum absolute atomic E-state index is 11.0. The summed E-state index contributed by atoms with van der Waals surface area (Å²) in [5.74, 6) is -0.309. The molecule has 0 aliphatic heterocycles. The Morgan fingerprint density at radius 2 is 2.18 bits per heavy atom. The summed E-state index contributed by atoms with van der Waals surface area (Å²) < 4.78 is 10.9. The predicted molar refractivity (Wildman–Crippen MR) is 70.2 cm³/mol. The Bertz CT molecular complexity index is 432. The van der Waals surface area contributed by atoms with Gasteiger partial charge in [-0.2, -0.15) is 0 Å². The molecule has 0 fully saturated rings. The topological polar surface area (TPSA) is 66.4 Å². The fourth-order valence-electron chi connectivity index (χ4n) is 1.49. The SMILES string of the molecule is Cc1ccc(NCCCS(C)=O)c(C(=O)O)c1. The van der Waals surface area contributed by atoms with Gasteiger partial charge in [-0.25, -0.2) is 4.79 Å². The first-order chi connectivity index (χ1) is 8.00. The molecular weight excluding hydrogens is 238 g/mol. The van der Waals surface area contributed by atoms with Gasteiger partial charge in [-0.05, 0) is 25.5 Å². The third-order valence-corrected chi connectivity index (χ3v) is 3.19. The second kappa shape index (κ2) is 6.39. The summed E-state index contributed by atoms with van der Waals surface area (Å²) in [6.45, 7) is 2.49. The smallest absolute Gasteiger partial charge is 0.337 e. The van der Waals surface area contributed by atoms with Gasteiger partial charge in [-0.15, -0.1) is 0 Å². The van der Waals surface area contributed by atoms with E-state index in [0.717, 1.165) is 12.0 Å². The lowest BCUT2D eigenvalue weighted by atomic mass is 10.1. The number of hydrogen-bond donors (Lipinski definition) is 2. The second-order valence-corrected chi connectivity index (χ2v) is 5.47. The number of carboxylic acid groups (broad SMARTS) is 1. The summed E-state index contributed by atoms with van der Waals surface area (Å²) in [4.78, 5) is 11.0. The van der Waals surface area contributed by atoms with E-state index in [-0.39, 0.29) is 5.56 Å². The molecule has 94 valence electrons. The zero-order valence-corrected chi connectivity index (χ0v) is 10.8. The third kappa shape index (κ3) is 4.56. The Balaban J connectivity index is 2.64. The van der Waals surface area contributed by atoms with E-state index in [0.29, 0.717) is 18.0 Å². The highest BCUT2D eigenvalue weighted by Crippen LogP contribution is 2.17. The number of aromatic carboxylic acids is 1. The first kappa shape index (κ1) is 13.7. The van der Waals surface area contributed by atoms with Crippen LogP contribution in [0.5, 0.6) is 0 Å². The van der Waals surface area contributed by atoms with Gasteiger partial charge in [0.15, 0.2) is 0 Å². The lowest BCUT2D eigenvalue weighted by Crippen LogP contribution is -2.10. The molecule has 0 bridgehead atoms. The molecule has 0 aliphatic carbocycles. The van der Waals surface area contributed by atoms with Gasteiger partial charge in [0.1, 0.15) is 0 Å². The molecule has 0 spiro atoms. The minimum atomic E-state index is -0.935. The number of anilines is 1. The van der Waals surface area contributed by atoms with Crippen LogP contribution in [0.1, 0.15) is 22.3 Å². The molecule has 0 saturated carbocycles. The third-order valence-electron chi connectivity index (χ3n) is 2.33. The standard InChI is InChI=1S/C12H17NO3S/c1-9-4-5-11(10(8-9)12(14)15)13-6-3-7-17(2)16/h4-5,8,13H,3,6-7H2,1-2H3,(H,14,15). The van der Waals surface area contributed by atoms with Crippen molar-refractivity contribution in [2.75, 3.05) is 23.9 Å². The Labute approximate surface area is 104 Å². The molecule has 1 aromatic carbocycles.